The Balaban J connectivity index is 1.96. The molecule has 1 heterocycles. The van der Waals surface area contributed by atoms with Gasteiger partial charge in [0, 0.05) is 13.2 Å². The zero-order chi connectivity index (χ0) is 7.03. The molecule has 2 fully saturated rings. The molecule has 1 unspecified atom stereocenters. The van der Waals surface area contributed by atoms with Crippen molar-refractivity contribution in [2.24, 2.45) is 11.3 Å². The number of ether oxygens (including phenoxy) is 1. The molecule has 0 radical (unpaired) electrons. The lowest BCUT2D eigenvalue weighted by Gasteiger charge is -2.17. The van der Waals surface area contributed by atoms with Gasteiger partial charge in [0.1, 0.15) is 0 Å². The molecule has 1 N–H and O–H groups in total. The first-order valence-corrected chi connectivity index (χ1v) is 4.06. The Morgan fingerprint density at radius 2 is 2.30 bits per heavy atom. The predicted octanol–water partition coefficient (Wildman–Crippen LogP) is 0.795. The Hall–Kier alpha value is -0.0800. The maximum atomic E-state index is 9.06. The molecule has 1 atom stereocenters. The average molecular weight is 142 g/mol. The lowest BCUT2D eigenvalue weighted by molar-refractivity contribution is 0.126. The summed E-state index contributed by atoms with van der Waals surface area (Å²) in [6, 6.07) is 0. The zero-order valence-corrected chi connectivity index (χ0v) is 6.18. The van der Waals surface area contributed by atoms with Crippen molar-refractivity contribution in [1.29, 1.82) is 0 Å². The van der Waals surface area contributed by atoms with Crippen LogP contribution in [0.25, 0.3) is 0 Å². The van der Waals surface area contributed by atoms with Crippen molar-refractivity contribution < 1.29 is 9.84 Å². The van der Waals surface area contributed by atoms with Crippen molar-refractivity contribution in [1.82, 2.24) is 0 Å². The molecule has 10 heavy (non-hydrogen) atoms. The average Bonchev–Trinajstić information content (AvgIpc) is 2.58. The van der Waals surface area contributed by atoms with Crippen LogP contribution >= 0.6 is 0 Å². The van der Waals surface area contributed by atoms with Gasteiger partial charge in [0.05, 0.1) is 6.61 Å². The third-order valence-corrected chi connectivity index (χ3v) is 3.00. The number of aliphatic hydroxyl groups is 1. The lowest BCUT2D eigenvalue weighted by Crippen LogP contribution is -2.19. The van der Waals surface area contributed by atoms with Gasteiger partial charge in [0.25, 0.3) is 0 Å². The Morgan fingerprint density at radius 3 is 2.70 bits per heavy atom. The summed E-state index contributed by atoms with van der Waals surface area (Å²) in [6.07, 6.45) is 3.61. The summed E-state index contributed by atoms with van der Waals surface area (Å²) >= 11 is 0. The van der Waals surface area contributed by atoms with E-state index in [-0.39, 0.29) is 0 Å². The van der Waals surface area contributed by atoms with Crippen molar-refractivity contribution in [2.75, 3.05) is 19.8 Å². The van der Waals surface area contributed by atoms with E-state index < -0.39 is 0 Å². The van der Waals surface area contributed by atoms with Gasteiger partial charge in [-0.3, -0.25) is 0 Å². The quantitative estimate of drug-likeness (QED) is 0.617. The maximum Gasteiger partial charge on any atom is 0.0501 e. The Labute approximate surface area is 61.2 Å². The molecule has 1 aliphatic heterocycles. The van der Waals surface area contributed by atoms with Gasteiger partial charge in [-0.1, -0.05) is 0 Å². The molecule has 0 aromatic rings. The van der Waals surface area contributed by atoms with E-state index in [2.05, 4.69) is 0 Å². The first-order chi connectivity index (χ1) is 4.87. The predicted molar refractivity (Wildman–Crippen MR) is 37.7 cm³/mol. The van der Waals surface area contributed by atoms with Crippen LogP contribution in [-0.4, -0.2) is 24.9 Å². The zero-order valence-electron chi connectivity index (χ0n) is 6.18. The van der Waals surface area contributed by atoms with Gasteiger partial charge in [-0.15, -0.1) is 0 Å². The second-order valence-electron chi connectivity index (χ2n) is 3.58. The molecule has 0 bridgehead atoms. The molecule has 1 saturated heterocycles. The molecule has 1 saturated carbocycles. The highest BCUT2D eigenvalue weighted by Gasteiger charge is 2.49. The van der Waals surface area contributed by atoms with Gasteiger partial charge >= 0.3 is 0 Å². The summed E-state index contributed by atoms with van der Waals surface area (Å²) in [7, 11) is 0. The van der Waals surface area contributed by atoms with E-state index in [1.54, 1.807) is 0 Å². The second-order valence-corrected chi connectivity index (χ2v) is 3.58. The second kappa shape index (κ2) is 2.21. The monoisotopic (exact) mass is 142 g/mol. The highest BCUT2D eigenvalue weighted by molar-refractivity contribution is 4.98. The van der Waals surface area contributed by atoms with Crippen molar-refractivity contribution in [3.63, 3.8) is 0 Å². The molecule has 58 valence electrons. The van der Waals surface area contributed by atoms with Gasteiger partial charge in [0.2, 0.25) is 0 Å². The van der Waals surface area contributed by atoms with Crippen molar-refractivity contribution >= 4 is 0 Å². The van der Waals surface area contributed by atoms with Crippen molar-refractivity contribution in [3.8, 4) is 0 Å². The number of rotatable bonds is 2. The summed E-state index contributed by atoms with van der Waals surface area (Å²) in [5.41, 5.74) is 0.302. The van der Waals surface area contributed by atoms with Crippen LogP contribution in [0.1, 0.15) is 19.3 Å². The van der Waals surface area contributed by atoms with Crippen LogP contribution in [0.5, 0.6) is 0 Å². The normalized spacial score (nSPS) is 36.3. The Bertz CT molecular complexity index is 123. The topological polar surface area (TPSA) is 29.5 Å². The van der Waals surface area contributed by atoms with E-state index in [1.165, 1.54) is 19.3 Å². The maximum absolute atomic E-state index is 9.06. The summed E-state index contributed by atoms with van der Waals surface area (Å²) in [5, 5.41) is 9.06. The minimum absolute atomic E-state index is 0.302. The van der Waals surface area contributed by atoms with Gasteiger partial charge in [0.15, 0.2) is 0 Å². The number of aliphatic hydroxyl groups excluding tert-OH is 1. The van der Waals surface area contributed by atoms with Crippen molar-refractivity contribution in [3.05, 3.63) is 0 Å². The molecule has 0 aromatic heterocycles. The van der Waals surface area contributed by atoms with Crippen molar-refractivity contribution in [2.45, 2.75) is 19.3 Å². The molecule has 1 aliphatic carbocycles. The highest BCUT2D eigenvalue weighted by Crippen LogP contribution is 2.53. The van der Waals surface area contributed by atoms with E-state index in [1.807, 2.05) is 0 Å². The summed E-state index contributed by atoms with van der Waals surface area (Å²) in [6.45, 7) is 2.17. The molecule has 0 spiro atoms. The molecule has 0 amide bonds. The number of hydrogen-bond acceptors (Lipinski definition) is 2. The SMILES string of the molecule is OCC1(C2CCOC2)CC1. The fourth-order valence-corrected chi connectivity index (χ4v) is 1.87. The summed E-state index contributed by atoms with van der Waals surface area (Å²) < 4.78 is 5.27. The third-order valence-electron chi connectivity index (χ3n) is 3.00. The van der Waals surface area contributed by atoms with Crippen LogP contribution in [-0.2, 0) is 4.74 Å². The van der Waals surface area contributed by atoms with Crippen LogP contribution in [0.15, 0.2) is 0 Å². The van der Waals surface area contributed by atoms with E-state index in [4.69, 9.17) is 9.84 Å². The minimum atomic E-state index is 0.302. The Morgan fingerprint density at radius 1 is 1.50 bits per heavy atom. The first kappa shape index (κ1) is 6.62. The van der Waals surface area contributed by atoms with Crippen LogP contribution in [0.2, 0.25) is 0 Å². The fourth-order valence-electron chi connectivity index (χ4n) is 1.87. The first-order valence-electron chi connectivity index (χ1n) is 4.06. The van der Waals surface area contributed by atoms with Gasteiger partial charge < -0.3 is 9.84 Å². The summed E-state index contributed by atoms with van der Waals surface area (Å²) in [5.74, 6) is 0.664. The van der Waals surface area contributed by atoms with Crippen LogP contribution in [0.3, 0.4) is 0 Å². The Kier molecular flexibility index (Phi) is 1.46. The van der Waals surface area contributed by atoms with Crippen LogP contribution in [0.4, 0.5) is 0 Å². The van der Waals surface area contributed by atoms with Crippen LogP contribution in [0, 0.1) is 11.3 Å². The van der Waals surface area contributed by atoms with Gasteiger partial charge in [-0.05, 0) is 30.6 Å². The molecular weight excluding hydrogens is 128 g/mol. The van der Waals surface area contributed by atoms with Gasteiger partial charge in [-0.2, -0.15) is 0 Å². The fraction of sp³-hybridized carbons (Fsp3) is 1.00. The smallest absolute Gasteiger partial charge is 0.0501 e. The molecular formula is C8H14O2. The minimum Gasteiger partial charge on any atom is -0.396 e. The molecule has 2 heteroatoms. The van der Waals surface area contributed by atoms with Gasteiger partial charge in [-0.25, -0.2) is 0 Å². The molecule has 2 nitrogen and oxygen atoms in total. The van der Waals surface area contributed by atoms with Crippen LogP contribution < -0.4 is 0 Å². The summed E-state index contributed by atoms with van der Waals surface area (Å²) in [4.78, 5) is 0. The molecule has 2 rings (SSSR count). The third kappa shape index (κ3) is 0.867. The lowest BCUT2D eigenvalue weighted by atomic mass is 9.89. The standard InChI is InChI=1S/C8H14O2/c9-6-8(2-3-8)7-1-4-10-5-7/h7,9H,1-6H2. The largest absolute Gasteiger partial charge is 0.396 e. The molecule has 0 aromatic carbocycles. The van der Waals surface area contributed by atoms with E-state index in [0.29, 0.717) is 17.9 Å². The van der Waals surface area contributed by atoms with E-state index >= 15 is 0 Å². The molecule has 2 aliphatic rings. The van der Waals surface area contributed by atoms with E-state index in [9.17, 15) is 0 Å². The van der Waals surface area contributed by atoms with E-state index in [0.717, 1.165) is 13.2 Å². The number of hydrogen-bond donors (Lipinski definition) is 1. The highest BCUT2D eigenvalue weighted by atomic mass is 16.5.